The van der Waals surface area contributed by atoms with Gasteiger partial charge in [0.15, 0.2) is 0 Å². The Labute approximate surface area is 204 Å². The zero-order valence-electron chi connectivity index (χ0n) is 18.8. The number of carbonyl (C=O) groups is 1. The minimum atomic E-state index is -0.339. The molecule has 33 heavy (non-hydrogen) atoms. The van der Waals surface area contributed by atoms with Crippen molar-refractivity contribution in [2.24, 2.45) is 4.99 Å². The second kappa shape index (κ2) is 10.6. The van der Waals surface area contributed by atoms with E-state index in [4.69, 9.17) is 23.2 Å². The fraction of sp³-hybridized carbons (Fsp3) is 0.333. The summed E-state index contributed by atoms with van der Waals surface area (Å²) in [5.41, 5.74) is 3.70. The van der Waals surface area contributed by atoms with E-state index in [0.717, 1.165) is 24.0 Å². The highest BCUT2D eigenvalue weighted by Gasteiger charge is 2.36. The van der Waals surface area contributed by atoms with Gasteiger partial charge in [0.1, 0.15) is 0 Å². The van der Waals surface area contributed by atoms with Gasteiger partial charge >= 0.3 is 0 Å². The zero-order valence-corrected chi connectivity index (χ0v) is 20.3. The summed E-state index contributed by atoms with van der Waals surface area (Å²) in [6, 6.07) is 14.5. The molecule has 1 aromatic heterocycles. The van der Waals surface area contributed by atoms with Gasteiger partial charge in [0, 0.05) is 22.2 Å². The molecule has 3 aromatic rings. The van der Waals surface area contributed by atoms with E-state index in [9.17, 15) is 9.90 Å². The molecule has 2 aromatic carbocycles. The number of amides is 1. The molecule has 0 atom stereocenters. The van der Waals surface area contributed by atoms with Crippen molar-refractivity contribution in [3.8, 4) is 17.1 Å². The molecule has 0 bridgehead atoms. The van der Waals surface area contributed by atoms with Crippen molar-refractivity contribution in [1.82, 2.24) is 4.57 Å². The molecule has 0 spiro atoms. The minimum absolute atomic E-state index is 0.0838. The molecule has 4 rings (SSSR count). The molecule has 0 fully saturated rings. The van der Waals surface area contributed by atoms with Gasteiger partial charge in [0.25, 0.3) is 5.91 Å². The number of carbonyl (C=O) groups excluding carboxylic acids is 1. The molecule has 1 N–H and O–H groups in total. The van der Waals surface area contributed by atoms with E-state index in [0.29, 0.717) is 39.1 Å². The number of aliphatic imine (C=N–C) groups is 1. The second-order valence-electron chi connectivity index (χ2n) is 8.47. The molecule has 0 radical (unpaired) electrons. The van der Waals surface area contributed by atoms with Gasteiger partial charge in [-0.25, -0.2) is 4.99 Å². The first kappa shape index (κ1) is 23.6. The van der Waals surface area contributed by atoms with Crippen molar-refractivity contribution in [2.75, 3.05) is 0 Å². The van der Waals surface area contributed by atoms with E-state index in [-0.39, 0.29) is 11.8 Å². The largest absolute Gasteiger partial charge is 0.494 e. The van der Waals surface area contributed by atoms with Crippen LogP contribution in [0.2, 0.25) is 10.0 Å². The lowest BCUT2D eigenvalue weighted by Gasteiger charge is -2.12. The summed E-state index contributed by atoms with van der Waals surface area (Å²) >= 11 is 12.1. The molecule has 1 amide bonds. The van der Waals surface area contributed by atoms with Crippen molar-refractivity contribution in [3.05, 3.63) is 75.3 Å². The Hall–Kier alpha value is -2.56. The number of unbranched alkanes of at least 4 members (excludes halogenated alkanes) is 6. The molecule has 0 saturated heterocycles. The third kappa shape index (κ3) is 5.02. The molecule has 1 aliphatic rings. The van der Waals surface area contributed by atoms with Crippen LogP contribution in [-0.2, 0) is 6.54 Å². The molecule has 0 unspecified atom stereocenters. The number of halogens is 2. The molecule has 6 heteroatoms. The van der Waals surface area contributed by atoms with E-state index < -0.39 is 0 Å². The fourth-order valence-corrected chi connectivity index (χ4v) is 4.67. The van der Waals surface area contributed by atoms with Gasteiger partial charge in [-0.05, 0) is 36.2 Å². The van der Waals surface area contributed by atoms with Crippen LogP contribution >= 0.6 is 23.2 Å². The van der Waals surface area contributed by atoms with E-state index >= 15 is 0 Å². The summed E-state index contributed by atoms with van der Waals surface area (Å²) in [5, 5.41) is 12.5. The lowest BCUT2D eigenvalue weighted by Crippen LogP contribution is -2.04. The van der Waals surface area contributed by atoms with E-state index in [1.807, 2.05) is 28.8 Å². The first-order valence-electron chi connectivity index (χ1n) is 11.6. The maximum absolute atomic E-state index is 13.1. The molecule has 1 aliphatic heterocycles. The van der Waals surface area contributed by atoms with E-state index in [1.54, 1.807) is 24.3 Å². The molecule has 4 nitrogen and oxygen atoms in total. The van der Waals surface area contributed by atoms with Crippen molar-refractivity contribution in [3.63, 3.8) is 0 Å². The molecule has 0 saturated carbocycles. The molecule has 172 valence electrons. The summed E-state index contributed by atoms with van der Waals surface area (Å²) in [6.45, 7) is 2.85. The van der Waals surface area contributed by atoms with Crippen LogP contribution in [0.4, 0.5) is 0 Å². The third-order valence-corrected chi connectivity index (χ3v) is 6.62. The number of aromatic hydroxyl groups is 1. The summed E-state index contributed by atoms with van der Waals surface area (Å²) in [6.07, 6.45) is 8.20. The fourth-order valence-electron chi connectivity index (χ4n) is 4.42. The van der Waals surface area contributed by atoms with Crippen molar-refractivity contribution in [1.29, 1.82) is 0 Å². The van der Waals surface area contributed by atoms with Crippen LogP contribution in [0, 0.1) is 0 Å². The average molecular weight is 483 g/mol. The van der Waals surface area contributed by atoms with Gasteiger partial charge in [-0.1, -0.05) is 92.9 Å². The van der Waals surface area contributed by atoms with Crippen molar-refractivity contribution in [2.45, 2.75) is 58.4 Å². The van der Waals surface area contributed by atoms with Crippen LogP contribution in [0.5, 0.6) is 5.88 Å². The monoisotopic (exact) mass is 482 g/mol. The number of aromatic nitrogens is 1. The van der Waals surface area contributed by atoms with Crippen LogP contribution in [0.15, 0.2) is 53.5 Å². The molecular weight excluding hydrogens is 455 g/mol. The predicted octanol–water partition coefficient (Wildman–Crippen LogP) is 7.91. The Bertz CT molecular complexity index is 1160. The van der Waals surface area contributed by atoms with Crippen LogP contribution in [0.25, 0.3) is 11.3 Å². The number of nitrogens with zero attached hydrogens (tertiary/aromatic N) is 2. The number of benzene rings is 2. The first-order valence-corrected chi connectivity index (χ1v) is 12.4. The quantitative estimate of drug-likeness (QED) is 0.298. The van der Waals surface area contributed by atoms with E-state index in [1.165, 1.54) is 32.1 Å². The standard InChI is InChI=1S/C27H28Cl2N2O2/c1-2-3-4-5-6-7-8-17-31-25(19-11-15-21(29)16-12-19)23-22(27(31)33)24(30-26(23)32)18-9-13-20(28)14-10-18/h9-16,33H,2-8,17H2,1H3. The topological polar surface area (TPSA) is 54.6 Å². The first-order chi connectivity index (χ1) is 16.0. The number of hydrogen-bond donors (Lipinski definition) is 1. The molecule has 2 heterocycles. The lowest BCUT2D eigenvalue weighted by molar-refractivity contribution is 0.101. The van der Waals surface area contributed by atoms with Gasteiger partial charge in [-0.2, -0.15) is 0 Å². The number of fused-ring (bicyclic) bond motifs is 1. The Morgan fingerprint density at radius 2 is 1.33 bits per heavy atom. The van der Waals surface area contributed by atoms with Crippen LogP contribution in [-0.4, -0.2) is 21.3 Å². The van der Waals surface area contributed by atoms with Gasteiger partial charge < -0.3 is 9.67 Å². The predicted molar refractivity (Wildman–Crippen MR) is 136 cm³/mol. The van der Waals surface area contributed by atoms with Gasteiger partial charge in [0.2, 0.25) is 5.88 Å². The minimum Gasteiger partial charge on any atom is -0.494 e. The van der Waals surface area contributed by atoms with Crippen molar-refractivity contribution >= 4 is 34.8 Å². The summed E-state index contributed by atoms with van der Waals surface area (Å²) in [5.74, 6) is -0.256. The van der Waals surface area contributed by atoms with Gasteiger partial charge in [0.05, 0.1) is 22.5 Å². The Kier molecular flexibility index (Phi) is 7.56. The van der Waals surface area contributed by atoms with Crippen LogP contribution < -0.4 is 0 Å². The second-order valence-corrected chi connectivity index (χ2v) is 9.35. The van der Waals surface area contributed by atoms with Gasteiger partial charge in [-0.3, -0.25) is 4.79 Å². The molecular formula is C27H28Cl2N2O2. The van der Waals surface area contributed by atoms with E-state index in [2.05, 4.69) is 11.9 Å². The summed E-state index contributed by atoms with van der Waals surface area (Å²) in [4.78, 5) is 17.4. The summed E-state index contributed by atoms with van der Waals surface area (Å²) in [7, 11) is 0. The van der Waals surface area contributed by atoms with Crippen LogP contribution in [0.3, 0.4) is 0 Å². The highest BCUT2D eigenvalue weighted by molar-refractivity contribution is 6.32. The highest BCUT2D eigenvalue weighted by Crippen LogP contribution is 2.41. The Morgan fingerprint density at radius 3 is 1.94 bits per heavy atom. The maximum atomic E-state index is 13.1. The van der Waals surface area contributed by atoms with Gasteiger partial charge in [-0.15, -0.1) is 0 Å². The smallest absolute Gasteiger partial charge is 0.280 e. The Balaban J connectivity index is 1.69. The normalized spacial score (nSPS) is 12.8. The average Bonchev–Trinajstić information content (AvgIpc) is 3.29. The summed E-state index contributed by atoms with van der Waals surface area (Å²) < 4.78 is 1.86. The molecule has 0 aliphatic carbocycles. The van der Waals surface area contributed by atoms with Crippen LogP contribution in [0.1, 0.15) is 73.4 Å². The zero-order chi connectivity index (χ0) is 23.4. The SMILES string of the molecule is CCCCCCCCCn1c(O)c2c(c1-c1ccc(Cl)cc1)C(=O)N=C2c1ccc(Cl)cc1. The maximum Gasteiger partial charge on any atom is 0.280 e. The number of hydrogen-bond acceptors (Lipinski definition) is 2. The lowest BCUT2D eigenvalue weighted by atomic mass is 10.0. The van der Waals surface area contributed by atoms with Crippen molar-refractivity contribution < 1.29 is 9.90 Å². The third-order valence-electron chi connectivity index (χ3n) is 6.12. The highest BCUT2D eigenvalue weighted by atomic mass is 35.5. The Morgan fingerprint density at radius 1 is 0.788 bits per heavy atom. The number of rotatable bonds is 10.